The van der Waals surface area contributed by atoms with Crippen molar-refractivity contribution in [1.29, 1.82) is 0 Å². The van der Waals surface area contributed by atoms with E-state index in [0.717, 1.165) is 0 Å². The number of carbonyl (C=O) groups excluding carboxylic acids is 2. The molecule has 1 aromatic carbocycles. The Morgan fingerprint density at radius 3 is 2.79 bits per heavy atom. The Labute approximate surface area is 139 Å². The third-order valence-electron chi connectivity index (χ3n) is 5.03. The molecule has 1 aromatic rings. The summed E-state index contributed by atoms with van der Waals surface area (Å²) in [5, 5.41) is 11.8. The van der Waals surface area contributed by atoms with Crippen molar-refractivity contribution in [3.8, 4) is 0 Å². The van der Waals surface area contributed by atoms with Crippen molar-refractivity contribution in [3.05, 3.63) is 35.4 Å². The van der Waals surface area contributed by atoms with Crippen molar-refractivity contribution in [2.24, 2.45) is 11.3 Å². The highest BCUT2D eigenvalue weighted by Crippen LogP contribution is 2.42. The molecule has 2 aliphatic heterocycles. The van der Waals surface area contributed by atoms with Crippen LogP contribution in [0.2, 0.25) is 0 Å². The van der Waals surface area contributed by atoms with E-state index in [1.165, 1.54) is 12.1 Å². The first-order valence-electron chi connectivity index (χ1n) is 7.90. The molecule has 0 unspecified atom stereocenters. The van der Waals surface area contributed by atoms with E-state index in [1.807, 2.05) is 0 Å². The number of likely N-dealkylation sites (tertiary alicyclic amines) is 1. The van der Waals surface area contributed by atoms with Gasteiger partial charge < -0.3 is 20.1 Å². The Morgan fingerprint density at radius 1 is 1.33 bits per heavy atom. The molecule has 2 atom stereocenters. The monoisotopic (exact) mass is 332 g/mol. The van der Waals surface area contributed by atoms with Crippen LogP contribution in [-0.2, 0) is 9.53 Å². The van der Waals surface area contributed by atoms with Gasteiger partial charge in [-0.1, -0.05) is 6.07 Å². The van der Waals surface area contributed by atoms with E-state index in [1.54, 1.807) is 24.1 Å². The van der Waals surface area contributed by atoms with Crippen molar-refractivity contribution in [3.63, 3.8) is 0 Å². The molecule has 0 radical (unpaired) electrons. The topological polar surface area (TPSA) is 95.9 Å². The number of rotatable bonds is 3. The standard InChI is InChI=1S/C17H20N2O5/c1-18-16(23)17-5-6-24-9-13(17)8-19(10-17)14(20)11-3-2-4-12(7-11)15(21)22/h2-4,7,13H,5-6,8-10H2,1H3,(H,18,23)(H,21,22)/t13-,17+/m1/s1. The van der Waals surface area contributed by atoms with Crippen molar-refractivity contribution >= 4 is 17.8 Å². The Balaban J connectivity index is 1.86. The molecule has 0 aromatic heterocycles. The summed E-state index contributed by atoms with van der Waals surface area (Å²) in [6, 6.07) is 5.97. The van der Waals surface area contributed by atoms with Gasteiger partial charge in [0.05, 0.1) is 17.6 Å². The summed E-state index contributed by atoms with van der Waals surface area (Å²) in [7, 11) is 1.60. The molecule has 7 heteroatoms. The van der Waals surface area contributed by atoms with Crippen molar-refractivity contribution in [2.75, 3.05) is 33.4 Å². The highest BCUT2D eigenvalue weighted by molar-refractivity contribution is 5.98. The van der Waals surface area contributed by atoms with Gasteiger partial charge in [0.2, 0.25) is 5.91 Å². The average Bonchev–Trinajstić information content (AvgIpc) is 3.01. The summed E-state index contributed by atoms with van der Waals surface area (Å²) in [6.45, 7) is 1.72. The Hall–Kier alpha value is -2.41. The van der Waals surface area contributed by atoms with Crippen LogP contribution in [0.4, 0.5) is 0 Å². The van der Waals surface area contributed by atoms with E-state index >= 15 is 0 Å². The SMILES string of the molecule is CNC(=O)[C@]12CCOC[C@H]1CN(C(=O)c1cccc(C(=O)O)c1)C2. The second-order valence-corrected chi connectivity index (χ2v) is 6.33. The zero-order valence-electron chi connectivity index (χ0n) is 13.4. The van der Waals surface area contributed by atoms with Gasteiger partial charge in [-0.2, -0.15) is 0 Å². The maximum Gasteiger partial charge on any atom is 0.335 e. The van der Waals surface area contributed by atoms with E-state index in [2.05, 4.69) is 5.32 Å². The van der Waals surface area contributed by atoms with Crippen LogP contribution < -0.4 is 5.32 Å². The maximum atomic E-state index is 12.8. The largest absolute Gasteiger partial charge is 0.478 e. The lowest BCUT2D eigenvalue weighted by molar-refractivity contribution is -0.138. The molecule has 2 amide bonds. The average molecular weight is 332 g/mol. The van der Waals surface area contributed by atoms with Crippen LogP contribution in [0.25, 0.3) is 0 Å². The predicted octanol–water partition coefficient (Wildman–Crippen LogP) is 0.610. The van der Waals surface area contributed by atoms with Crippen LogP contribution >= 0.6 is 0 Å². The van der Waals surface area contributed by atoms with Crippen molar-refractivity contribution in [2.45, 2.75) is 6.42 Å². The van der Waals surface area contributed by atoms with Crippen LogP contribution in [-0.4, -0.2) is 61.1 Å². The molecular weight excluding hydrogens is 312 g/mol. The molecule has 7 nitrogen and oxygen atoms in total. The minimum Gasteiger partial charge on any atom is -0.478 e. The molecule has 24 heavy (non-hydrogen) atoms. The molecule has 2 fully saturated rings. The zero-order valence-corrected chi connectivity index (χ0v) is 13.4. The van der Waals surface area contributed by atoms with E-state index in [-0.39, 0.29) is 23.3 Å². The number of carbonyl (C=O) groups is 3. The number of nitrogens with one attached hydrogen (secondary N) is 1. The van der Waals surface area contributed by atoms with Gasteiger partial charge in [-0.15, -0.1) is 0 Å². The maximum absolute atomic E-state index is 12.8. The number of benzene rings is 1. The van der Waals surface area contributed by atoms with Crippen LogP contribution in [0, 0.1) is 11.3 Å². The van der Waals surface area contributed by atoms with Gasteiger partial charge in [-0.05, 0) is 24.6 Å². The second-order valence-electron chi connectivity index (χ2n) is 6.33. The molecule has 2 heterocycles. The fourth-order valence-corrected chi connectivity index (χ4v) is 3.69. The molecule has 3 rings (SSSR count). The summed E-state index contributed by atoms with van der Waals surface area (Å²) < 4.78 is 5.49. The van der Waals surface area contributed by atoms with Gasteiger partial charge in [0.25, 0.3) is 5.91 Å². The summed E-state index contributed by atoms with van der Waals surface area (Å²) in [5.41, 5.74) is -0.226. The number of carboxylic acid groups (broad SMARTS) is 1. The smallest absolute Gasteiger partial charge is 0.335 e. The third-order valence-corrected chi connectivity index (χ3v) is 5.03. The quantitative estimate of drug-likeness (QED) is 0.845. The molecule has 0 spiro atoms. The van der Waals surface area contributed by atoms with Crippen LogP contribution in [0.1, 0.15) is 27.1 Å². The first-order valence-corrected chi connectivity index (χ1v) is 7.90. The molecule has 0 bridgehead atoms. The lowest BCUT2D eigenvalue weighted by atomic mass is 9.73. The number of aromatic carboxylic acids is 1. The second kappa shape index (κ2) is 6.24. The van der Waals surface area contributed by atoms with E-state index in [4.69, 9.17) is 9.84 Å². The summed E-state index contributed by atoms with van der Waals surface area (Å²) in [5.74, 6) is -1.44. The van der Waals surface area contributed by atoms with Crippen molar-refractivity contribution < 1.29 is 24.2 Å². The van der Waals surface area contributed by atoms with Crippen molar-refractivity contribution in [1.82, 2.24) is 10.2 Å². The molecule has 0 saturated carbocycles. The Bertz CT molecular complexity index is 689. The summed E-state index contributed by atoms with van der Waals surface area (Å²) >= 11 is 0. The Morgan fingerprint density at radius 2 is 2.08 bits per heavy atom. The van der Waals surface area contributed by atoms with Gasteiger partial charge in [0.1, 0.15) is 0 Å². The van der Waals surface area contributed by atoms with E-state index < -0.39 is 11.4 Å². The van der Waals surface area contributed by atoms with E-state index in [0.29, 0.717) is 38.3 Å². The molecular formula is C17H20N2O5. The van der Waals surface area contributed by atoms with Crippen LogP contribution in [0.15, 0.2) is 24.3 Å². The van der Waals surface area contributed by atoms with Gasteiger partial charge in [-0.25, -0.2) is 4.79 Å². The minimum atomic E-state index is -1.07. The normalized spacial score (nSPS) is 25.9. The van der Waals surface area contributed by atoms with Gasteiger partial charge in [0, 0.05) is 38.2 Å². The highest BCUT2D eigenvalue weighted by atomic mass is 16.5. The van der Waals surface area contributed by atoms with E-state index in [9.17, 15) is 14.4 Å². The zero-order chi connectivity index (χ0) is 17.3. The molecule has 2 aliphatic rings. The van der Waals surface area contributed by atoms with Gasteiger partial charge in [0.15, 0.2) is 0 Å². The molecule has 128 valence electrons. The first kappa shape index (κ1) is 16.4. The lowest BCUT2D eigenvalue weighted by Crippen LogP contribution is -2.49. The number of carboxylic acids is 1. The number of amides is 2. The first-order chi connectivity index (χ1) is 11.5. The Kier molecular flexibility index (Phi) is 4.28. The number of hydrogen-bond donors (Lipinski definition) is 2. The summed E-state index contributed by atoms with van der Waals surface area (Å²) in [6.07, 6.45) is 0.580. The molecule has 2 saturated heterocycles. The third kappa shape index (κ3) is 2.65. The fraction of sp³-hybridized carbons (Fsp3) is 0.471. The lowest BCUT2D eigenvalue weighted by Gasteiger charge is -2.36. The molecule has 2 N–H and O–H groups in total. The highest BCUT2D eigenvalue weighted by Gasteiger charge is 2.54. The summed E-state index contributed by atoms with van der Waals surface area (Å²) in [4.78, 5) is 37.9. The van der Waals surface area contributed by atoms with Gasteiger partial charge in [-0.3, -0.25) is 9.59 Å². The fourth-order valence-electron chi connectivity index (χ4n) is 3.69. The van der Waals surface area contributed by atoms with Gasteiger partial charge >= 0.3 is 5.97 Å². The molecule has 0 aliphatic carbocycles. The number of hydrogen-bond acceptors (Lipinski definition) is 4. The number of fused-ring (bicyclic) bond motifs is 1. The van der Waals surface area contributed by atoms with Crippen LogP contribution in [0.3, 0.4) is 0 Å². The predicted molar refractivity (Wildman–Crippen MR) is 84.7 cm³/mol. The number of nitrogens with zero attached hydrogens (tertiary/aromatic N) is 1. The van der Waals surface area contributed by atoms with Crippen LogP contribution in [0.5, 0.6) is 0 Å². The number of ether oxygens (including phenoxy) is 1. The minimum absolute atomic E-state index is 0.0437.